The van der Waals surface area contributed by atoms with E-state index in [1.165, 1.54) is 38.5 Å². The number of hydrogen-bond donors (Lipinski definition) is 1. The van der Waals surface area contributed by atoms with Crippen molar-refractivity contribution in [2.24, 2.45) is 23.2 Å². The van der Waals surface area contributed by atoms with Gasteiger partial charge >= 0.3 is 0 Å². The standard InChI is InChI=1S/C16H26N2O.ClH/c1-11(18-3-2-17-10-15(18)19)16-7-12-4-13(8-16)6-14(5-12)9-16;/h11-14,17H,2-10H2,1H3;1H. The molecule has 1 unspecified atom stereocenters. The zero-order valence-corrected chi connectivity index (χ0v) is 13.3. The summed E-state index contributed by atoms with van der Waals surface area (Å²) in [6.07, 6.45) is 8.66. The van der Waals surface area contributed by atoms with Crippen LogP contribution in [-0.4, -0.2) is 36.5 Å². The highest BCUT2D eigenvalue weighted by molar-refractivity contribution is 5.85. The predicted octanol–water partition coefficient (Wildman–Crippen LogP) is 2.44. The third-order valence-corrected chi connectivity index (χ3v) is 6.57. The van der Waals surface area contributed by atoms with Gasteiger partial charge in [0.15, 0.2) is 0 Å². The van der Waals surface area contributed by atoms with E-state index >= 15 is 0 Å². The Hall–Kier alpha value is -0.280. The molecule has 5 aliphatic rings. The van der Waals surface area contributed by atoms with Crippen LogP contribution in [-0.2, 0) is 4.79 Å². The molecule has 0 aromatic heterocycles. The number of nitrogens with zero attached hydrogens (tertiary/aromatic N) is 1. The van der Waals surface area contributed by atoms with E-state index in [4.69, 9.17) is 0 Å². The summed E-state index contributed by atoms with van der Waals surface area (Å²) in [5.41, 5.74) is 0.474. The van der Waals surface area contributed by atoms with Crippen molar-refractivity contribution in [1.29, 1.82) is 0 Å². The Bertz CT molecular complexity index is 363. The average Bonchev–Trinajstić information content (AvgIpc) is 2.37. The van der Waals surface area contributed by atoms with E-state index < -0.39 is 0 Å². The lowest BCUT2D eigenvalue weighted by molar-refractivity contribution is -0.146. The Kier molecular flexibility index (Phi) is 3.79. The van der Waals surface area contributed by atoms with Gasteiger partial charge < -0.3 is 10.2 Å². The molecule has 5 fully saturated rings. The molecule has 4 bridgehead atoms. The van der Waals surface area contributed by atoms with E-state index in [0.29, 0.717) is 23.9 Å². The Morgan fingerprint density at radius 2 is 1.70 bits per heavy atom. The molecule has 3 nitrogen and oxygen atoms in total. The molecule has 0 aromatic carbocycles. The van der Waals surface area contributed by atoms with Crippen LogP contribution in [0.15, 0.2) is 0 Å². The van der Waals surface area contributed by atoms with Crippen molar-refractivity contribution in [2.75, 3.05) is 19.6 Å². The van der Waals surface area contributed by atoms with Crippen LogP contribution >= 0.6 is 12.4 Å². The lowest BCUT2D eigenvalue weighted by Crippen LogP contribution is -2.60. The topological polar surface area (TPSA) is 32.3 Å². The fourth-order valence-electron chi connectivity index (χ4n) is 6.05. The van der Waals surface area contributed by atoms with Crippen LogP contribution in [0.3, 0.4) is 0 Å². The highest BCUT2D eigenvalue weighted by Crippen LogP contribution is 2.61. The number of rotatable bonds is 2. The second kappa shape index (κ2) is 5.17. The lowest BCUT2D eigenvalue weighted by atomic mass is 9.47. The summed E-state index contributed by atoms with van der Waals surface area (Å²) in [7, 11) is 0. The van der Waals surface area contributed by atoms with E-state index in [1.54, 1.807) is 0 Å². The van der Waals surface area contributed by atoms with E-state index in [1.807, 2.05) is 0 Å². The zero-order chi connectivity index (χ0) is 13.0. The SMILES string of the molecule is CC(N1CCNCC1=O)C12CC3CC(CC(C3)C1)C2.Cl. The number of piperazine rings is 1. The molecule has 114 valence electrons. The van der Waals surface area contributed by atoms with Gasteiger partial charge in [0.25, 0.3) is 0 Å². The Morgan fingerprint density at radius 1 is 1.15 bits per heavy atom. The van der Waals surface area contributed by atoms with Gasteiger partial charge in [0, 0.05) is 19.1 Å². The smallest absolute Gasteiger partial charge is 0.236 e. The van der Waals surface area contributed by atoms with Gasteiger partial charge in [-0.15, -0.1) is 12.4 Å². The molecular formula is C16H27ClN2O. The summed E-state index contributed by atoms with van der Waals surface area (Å²) in [6.45, 7) is 4.79. The van der Waals surface area contributed by atoms with Gasteiger partial charge in [-0.1, -0.05) is 0 Å². The zero-order valence-electron chi connectivity index (χ0n) is 12.4. The largest absolute Gasteiger partial charge is 0.337 e. The molecule has 1 atom stereocenters. The van der Waals surface area contributed by atoms with Gasteiger partial charge in [0.2, 0.25) is 5.91 Å². The fraction of sp³-hybridized carbons (Fsp3) is 0.938. The maximum Gasteiger partial charge on any atom is 0.236 e. The third-order valence-electron chi connectivity index (χ3n) is 6.57. The van der Waals surface area contributed by atoms with Gasteiger partial charge in [-0.25, -0.2) is 0 Å². The maximum absolute atomic E-state index is 12.2. The minimum Gasteiger partial charge on any atom is -0.337 e. The monoisotopic (exact) mass is 298 g/mol. The van der Waals surface area contributed by atoms with Crippen molar-refractivity contribution in [2.45, 2.75) is 51.5 Å². The lowest BCUT2D eigenvalue weighted by Gasteiger charge is -2.60. The van der Waals surface area contributed by atoms with E-state index in [9.17, 15) is 4.79 Å². The molecule has 0 spiro atoms. The van der Waals surface area contributed by atoms with Crippen molar-refractivity contribution in [3.63, 3.8) is 0 Å². The molecule has 5 rings (SSSR count). The minimum absolute atomic E-state index is 0. The van der Waals surface area contributed by atoms with Gasteiger partial charge in [-0.3, -0.25) is 4.79 Å². The normalized spacial score (nSPS) is 44.4. The van der Waals surface area contributed by atoms with Crippen LogP contribution in [0.4, 0.5) is 0 Å². The summed E-state index contributed by atoms with van der Waals surface area (Å²) in [4.78, 5) is 14.4. The van der Waals surface area contributed by atoms with Crippen LogP contribution in [0.25, 0.3) is 0 Å². The van der Waals surface area contributed by atoms with Crippen molar-refractivity contribution < 1.29 is 4.79 Å². The first-order chi connectivity index (χ1) is 9.16. The van der Waals surface area contributed by atoms with Gasteiger partial charge in [0.05, 0.1) is 6.54 Å². The Balaban J connectivity index is 0.00000121. The summed E-state index contributed by atoms with van der Waals surface area (Å²) in [5.74, 6) is 3.26. The molecule has 1 N–H and O–H groups in total. The number of hydrogen-bond acceptors (Lipinski definition) is 2. The molecule has 0 aromatic rings. The predicted molar refractivity (Wildman–Crippen MR) is 81.9 cm³/mol. The van der Waals surface area contributed by atoms with Crippen LogP contribution < -0.4 is 5.32 Å². The molecular weight excluding hydrogens is 272 g/mol. The summed E-state index contributed by atoms with van der Waals surface area (Å²) >= 11 is 0. The second-order valence-corrected chi connectivity index (χ2v) is 7.72. The third kappa shape index (κ3) is 2.18. The average molecular weight is 299 g/mol. The van der Waals surface area contributed by atoms with Crippen LogP contribution in [0, 0.1) is 23.2 Å². The Labute approximate surface area is 128 Å². The van der Waals surface area contributed by atoms with Gasteiger partial charge in [-0.2, -0.15) is 0 Å². The van der Waals surface area contributed by atoms with Crippen LogP contribution in [0.2, 0.25) is 0 Å². The molecule has 1 heterocycles. The second-order valence-electron chi connectivity index (χ2n) is 7.72. The first-order valence-electron chi connectivity index (χ1n) is 8.16. The van der Waals surface area contributed by atoms with Gasteiger partial charge in [0.1, 0.15) is 0 Å². The van der Waals surface area contributed by atoms with Gasteiger partial charge in [-0.05, 0) is 68.6 Å². The Morgan fingerprint density at radius 3 is 2.20 bits per heavy atom. The molecule has 4 heteroatoms. The summed E-state index contributed by atoms with van der Waals surface area (Å²) in [5, 5.41) is 3.20. The minimum atomic E-state index is 0. The first-order valence-corrected chi connectivity index (χ1v) is 8.16. The van der Waals surface area contributed by atoms with Crippen LogP contribution in [0.1, 0.15) is 45.4 Å². The quantitative estimate of drug-likeness (QED) is 0.849. The first kappa shape index (κ1) is 14.6. The maximum atomic E-state index is 12.2. The van der Waals surface area contributed by atoms with E-state index in [2.05, 4.69) is 17.1 Å². The molecule has 1 amide bonds. The molecule has 4 saturated carbocycles. The van der Waals surface area contributed by atoms with Crippen molar-refractivity contribution >= 4 is 18.3 Å². The summed E-state index contributed by atoms with van der Waals surface area (Å²) in [6, 6.07) is 0.468. The highest BCUT2D eigenvalue weighted by atomic mass is 35.5. The molecule has 20 heavy (non-hydrogen) atoms. The number of halogens is 1. The molecule has 1 saturated heterocycles. The van der Waals surface area contributed by atoms with E-state index in [-0.39, 0.29) is 12.4 Å². The molecule has 1 aliphatic heterocycles. The number of carbonyl (C=O) groups excluding carboxylic acids is 1. The van der Waals surface area contributed by atoms with Crippen molar-refractivity contribution in [3.8, 4) is 0 Å². The molecule has 4 aliphatic carbocycles. The summed E-state index contributed by atoms with van der Waals surface area (Å²) < 4.78 is 0. The number of carbonyl (C=O) groups is 1. The fourth-order valence-corrected chi connectivity index (χ4v) is 6.05. The van der Waals surface area contributed by atoms with Crippen molar-refractivity contribution in [3.05, 3.63) is 0 Å². The number of nitrogens with one attached hydrogen (secondary N) is 1. The molecule has 0 radical (unpaired) electrons. The van der Waals surface area contributed by atoms with E-state index in [0.717, 1.165) is 30.8 Å². The number of amides is 1. The van der Waals surface area contributed by atoms with Crippen molar-refractivity contribution in [1.82, 2.24) is 10.2 Å². The van der Waals surface area contributed by atoms with Crippen LogP contribution in [0.5, 0.6) is 0 Å². The highest BCUT2D eigenvalue weighted by Gasteiger charge is 2.54.